The van der Waals surface area contributed by atoms with E-state index in [2.05, 4.69) is 39.5 Å². The SMILES string of the molecule is CC(=O)NCC1CCN(CC(O)COc2ccc(-c3cccnc3)c3ccccc23)CC1. The van der Waals surface area contributed by atoms with Crippen LogP contribution in [0.25, 0.3) is 21.9 Å². The molecule has 6 heteroatoms. The highest BCUT2D eigenvalue weighted by molar-refractivity contribution is 5.99. The van der Waals surface area contributed by atoms with Crippen molar-refractivity contribution in [3.8, 4) is 16.9 Å². The number of aromatic nitrogens is 1. The van der Waals surface area contributed by atoms with Gasteiger partial charge < -0.3 is 20.1 Å². The smallest absolute Gasteiger partial charge is 0.216 e. The van der Waals surface area contributed by atoms with Gasteiger partial charge in [0.25, 0.3) is 0 Å². The number of pyridine rings is 1. The lowest BCUT2D eigenvalue weighted by atomic mass is 9.96. The zero-order valence-corrected chi connectivity index (χ0v) is 18.5. The van der Waals surface area contributed by atoms with Gasteiger partial charge in [-0.25, -0.2) is 0 Å². The molecule has 1 aliphatic rings. The summed E-state index contributed by atoms with van der Waals surface area (Å²) >= 11 is 0. The lowest BCUT2D eigenvalue weighted by Crippen LogP contribution is -2.42. The number of aliphatic hydroxyl groups is 1. The Hall–Kier alpha value is -2.96. The normalized spacial score (nSPS) is 16.1. The van der Waals surface area contributed by atoms with Crippen LogP contribution in [0.5, 0.6) is 5.75 Å². The highest BCUT2D eigenvalue weighted by atomic mass is 16.5. The lowest BCUT2D eigenvalue weighted by molar-refractivity contribution is -0.119. The maximum Gasteiger partial charge on any atom is 0.216 e. The largest absolute Gasteiger partial charge is 0.490 e. The molecule has 1 unspecified atom stereocenters. The van der Waals surface area contributed by atoms with E-state index in [1.165, 1.54) is 0 Å². The van der Waals surface area contributed by atoms with Gasteiger partial charge in [-0.3, -0.25) is 9.78 Å². The van der Waals surface area contributed by atoms with Crippen LogP contribution >= 0.6 is 0 Å². The fourth-order valence-electron chi connectivity index (χ4n) is 4.37. The number of nitrogens with zero attached hydrogens (tertiary/aromatic N) is 2. The summed E-state index contributed by atoms with van der Waals surface area (Å²) in [6.07, 6.45) is 5.16. The summed E-state index contributed by atoms with van der Waals surface area (Å²) in [7, 11) is 0. The van der Waals surface area contributed by atoms with Crippen molar-refractivity contribution in [2.45, 2.75) is 25.9 Å². The van der Waals surface area contributed by atoms with E-state index >= 15 is 0 Å². The molecule has 4 rings (SSSR count). The average Bonchev–Trinajstić information content (AvgIpc) is 2.82. The summed E-state index contributed by atoms with van der Waals surface area (Å²) in [4.78, 5) is 17.6. The van der Waals surface area contributed by atoms with Crippen LogP contribution in [0.2, 0.25) is 0 Å². The number of benzene rings is 2. The number of β-amino-alcohol motifs (C(OH)–C–C–N with tert-alkyl or cyclic N) is 1. The van der Waals surface area contributed by atoms with E-state index in [0.717, 1.165) is 60.1 Å². The van der Waals surface area contributed by atoms with Crippen molar-refractivity contribution >= 4 is 16.7 Å². The van der Waals surface area contributed by atoms with E-state index in [4.69, 9.17) is 4.74 Å². The molecule has 2 heterocycles. The third-order valence-electron chi connectivity index (χ3n) is 6.10. The third-order valence-corrected chi connectivity index (χ3v) is 6.10. The minimum Gasteiger partial charge on any atom is -0.490 e. The molecule has 0 saturated carbocycles. The van der Waals surface area contributed by atoms with Crippen molar-refractivity contribution < 1.29 is 14.6 Å². The van der Waals surface area contributed by atoms with Crippen molar-refractivity contribution in [3.63, 3.8) is 0 Å². The summed E-state index contributed by atoms with van der Waals surface area (Å²) in [6.45, 7) is 5.02. The molecule has 2 N–H and O–H groups in total. The molecule has 1 aliphatic heterocycles. The molecule has 0 bridgehead atoms. The van der Waals surface area contributed by atoms with E-state index in [1.807, 2.05) is 30.5 Å². The van der Waals surface area contributed by atoms with Crippen molar-refractivity contribution in [2.24, 2.45) is 5.92 Å². The Labute approximate surface area is 189 Å². The van der Waals surface area contributed by atoms with Gasteiger partial charge in [0.05, 0.1) is 0 Å². The molecule has 32 heavy (non-hydrogen) atoms. The molecular formula is C26H31N3O3. The first-order valence-electron chi connectivity index (χ1n) is 11.3. The van der Waals surface area contributed by atoms with Crippen LogP contribution in [0.15, 0.2) is 60.9 Å². The molecular weight excluding hydrogens is 402 g/mol. The molecule has 0 radical (unpaired) electrons. The number of piperidine rings is 1. The Morgan fingerprint density at radius 2 is 1.94 bits per heavy atom. The van der Waals surface area contributed by atoms with Crippen LogP contribution in [-0.4, -0.2) is 59.8 Å². The predicted molar refractivity (Wildman–Crippen MR) is 127 cm³/mol. The van der Waals surface area contributed by atoms with E-state index < -0.39 is 6.10 Å². The Bertz CT molecular complexity index is 1030. The van der Waals surface area contributed by atoms with E-state index in [-0.39, 0.29) is 12.5 Å². The molecule has 1 fully saturated rings. The highest BCUT2D eigenvalue weighted by Gasteiger charge is 2.21. The number of nitrogens with one attached hydrogen (secondary N) is 1. The number of amides is 1. The highest BCUT2D eigenvalue weighted by Crippen LogP contribution is 2.34. The second-order valence-corrected chi connectivity index (χ2v) is 8.54. The summed E-state index contributed by atoms with van der Waals surface area (Å²) in [6, 6.07) is 16.2. The van der Waals surface area contributed by atoms with Gasteiger partial charge >= 0.3 is 0 Å². The van der Waals surface area contributed by atoms with Crippen molar-refractivity contribution in [1.29, 1.82) is 0 Å². The third kappa shape index (κ3) is 5.64. The number of hydrogen-bond acceptors (Lipinski definition) is 5. The quantitative estimate of drug-likeness (QED) is 0.569. The number of carbonyl (C=O) groups is 1. The number of rotatable bonds is 8. The van der Waals surface area contributed by atoms with Crippen molar-refractivity contribution in [1.82, 2.24) is 15.2 Å². The summed E-state index contributed by atoms with van der Waals surface area (Å²) < 4.78 is 6.06. The molecule has 0 aliphatic carbocycles. The van der Waals surface area contributed by atoms with Crippen molar-refractivity contribution in [2.75, 3.05) is 32.8 Å². The van der Waals surface area contributed by atoms with Gasteiger partial charge in [0.15, 0.2) is 0 Å². The number of likely N-dealkylation sites (tertiary alicyclic amines) is 1. The summed E-state index contributed by atoms with van der Waals surface area (Å²) in [5.41, 5.74) is 2.18. The lowest BCUT2D eigenvalue weighted by Gasteiger charge is -2.33. The van der Waals surface area contributed by atoms with Crippen LogP contribution in [-0.2, 0) is 4.79 Å². The zero-order chi connectivity index (χ0) is 22.3. The first-order valence-corrected chi connectivity index (χ1v) is 11.3. The Kier molecular flexibility index (Phi) is 7.35. The number of carbonyl (C=O) groups excluding carboxylic acids is 1. The van der Waals surface area contributed by atoms with Gasteiger partial charge in [0, 0.05) is 43.4 Å². The molecule has 1 atom stereocenters. The van der Waals surface area contributed by atoms with Gasteiger partial charge in [-0.15, -0.1) is 0 Å². The molecule has 2 aromatic carbocycles. The molecule has 1 saturated heterocycles. The van der Waals surface area contributed by atoms with E-state index in [1.54, 1.807) is 13.1 Å². The van der Waals surface area contributed by atoms with Gasteiger partial charge in [0.1, 0.15) is 18.5 Å². The Morgan fingerprint density at radius 1 is 1.16 bits per heavy atom. The fourth-order valence-corrected chi connectivity index (χ4v) is 4.37. The molecule has 0 spiro atoms. The molecule has 6 nitrogen and oxygen atoms in total. The summed E-state index contributed by atoms with van der Waals surface area (Å²) in [5, 5.41) is 15.6. The molecule has 1 aromatic heterocycles. The zero-order valence-electron chi connectivity index (χ0n) is 18.5. The van der Waals surface area contributed by atoms with Gasteiger partial charge in [-0.05, 0) is 61.0 Å². The van der Waals surface area contributed by atoms with Gasteiger partial charge in [-0.2, -0.15) is 0 Å². The first-order chi connectivity index (χ1) is 15.6. The number of aliphatic hydroxyl groups excluding tert-OH is 1. The van der Waals surface area contributed by atoms with E-state index in [0.29, 0.717) is 12.5 Å². The average molecular weight is 434 g/mol. The molecule has 3 aromatic rings. The maximum atomic E-state index is 11.1. The van der Waals surface area contributed by atoms with Gasteiger partial charge in [0.2, 0.25) is 5.91 Å². The maximum absolute atomic E-state index is 11.1. The Balaban J connectivity index is 1.34. The Morgan fingerprint density at radius 3 is 2.66 bits per heavy atom. The number of hydrogen-bond donors (Lipinski definition) is 2. The minimum atomic E-state index is -0.557. The van der Waals surface area contributed by atoms with Crippen LogP contribution in [0.4, 0.5) is 0 Å². The second-order valence-electron chi connectivity index (χ2n) is 8.54. The number of ether oxygens (including phenoxy) is 1. The standard InChI is InChI=1S/C26H31N3O3/c1-19(30)28-15-20-10-13-29(14-11-20)17-22(31)18-32-26-9-8-23(21-5-4-12-27-16-21)24-6-2-3-7-25(24)26/h2-9,12,16,20,22,31H,10-11,13-15,17-18H2,1H3,(H,28,30). The van der Waals surface area contributed by atoms with Crippen LogP contribution in [0.3, 0.4) is 0 Å². The summed E-state index contributed by atoms with van der Waals surface area (Å²) in [5.74, 6) is 1.33. The minimum absolute atomic E-state index is 0.0287. The first kappa shape index (κ1) is 22.2. The fraction of sp³-hybridized carbons (Fsp3) is 0.385. The number of fused-ring (bicyclic) bond motifs is 1. The van der Waals surface area contributed by atoms with Crippen LogP contribution < -0.4 is 10.1 Å². The van der Waals surface area contributed by atoms with Crippen LogP contribution in [0.1, 0.15) is 19.8 Å². The van der Waals surface area contributed by atoms with Crippen molar-refractivity contribution in [3.05, 3.63) is 60.9 Å². The van der Waals surface area contributed by atoms with Crippen LogP contribution in [0, 0.1) is 5.92 Å². The molecule has 1 amide bonds. The second kappa shape index (κ2) is 10.6. The monoisotopic (exact) mass is 433 g/mol. The topological polar surface area (TPSA) is 74.7 Å². The predicted octanol–water partition coefficient (Wildman–Crippen LogP) is 3.49. The van der Waals surface area contributed by atoms with E-state index in [9.17, 15) is 9.90 Å². The molecule has 168 valence electrons. The van der Waals surface area contributed by atoms with Gasteiger partial charge in [-0.1, -0.05) is 30.3 Å².